The number of rotatable bonds is 5. The minimum absolute atomic E-state index is 0.103. The Hall–Kier alpha value is -1.13. The first-order valence-electron chi connectivity index (χ1n) is 7.30. The van der Waals surface area contributed by atoms with Gasteiger partial charge in [0, 0.05) is 38.8 Å². The summed E-state index contributed by atoms with van der Waals surface area (Å²) in [5.74, 6) is 0.103. The number of amides is 1. The monoisotopic (exact) mass is 263 g/mol. The molecule has 4 heteroatoms. The molecule has 1 unspecified atom stereocenters. The number of hydrogen-bond donors (Lipinski definition) is 1. The fourth-order valence-corrected chi connectivity index (χ4v) is 2.80. The molecule has 1 amide bonds. The van der Waals surface area contributed by atoms with Crippen molar-refractivity contribution in [1.82, 2.24) is 15.1 Å². The van der Waals surface area contributed by atoms with Gasteiger partial charge in [-0.15, -0.1) is 6.58 Å². The summed E-state index contributed by atoms with van der Waals surface area (Å²) in [6.07, 6.45) is 10.2. The maximum absolute atomic E-state index is 11.6. The summed E-state index contributed by atoms with van der Waals surface area (Å²) in [6, 6.07) is 0.630. The highest BCUT2D eigenvalue weighted by Crippen LogP contribution is 2.17. The van der Waals surface area contributed by atoms with Crippen LogP contribution in [0, 0.1) is 0 Å². The standard InChI is InChI=1S/C15H25N3O/c1-2-8-16-15(19)13-17-9-11-18(12-10-17)14-6-4-3-5-7-14/h2,4,6,14H,1,3,5,7-13H2,(H,16,19). The van der Waals surface area contributed by atoms with Crippen molar-refractivity contribution in [3.63, 3.8) is 0 Å². The number of carbonyl (C=O) groups is 1. The van der Waals surface area contributed by atoms with Gasteiger partial charge in [0.2, 0.25) is 5.91 Å². The normalized spacial score (nSPS) is 25.2. The molecule has 0 aromatic rings. The van der Waals surface area contributed by atoms with E-state index in [2.05, 4.69) is 33.8 Å². The molecule has 1 saturated heterocycles. The summed E-state index contributed by atoms with van der Waals surface area (Å²) >= 11 is 0. The molecule has 0 bridgehead atoms. The van der Waals surface area contributed by atoms with Crippen LogP contribution in [0.25, 0.3) is 0 Å². The average Bonchev–Trinajstić information content (AvgIpc) is 2.47. The van der Waals surface area contributed by atoms with Crippen LogP contribution in [0.15, 0.2) is 24.8 Å². The van der Waals surface area contributed by atoms with Crippen LogP contribution in [-0.4, -0.2) is 61.0 Å². The molecular formula is C15H25N3O. The highest BCUT2D eigenvalue weighted by Gasteiger charge is 2.23. The molecule has 1 heterocycles. The Balaban J connectivity index is 1.70. The SMILES string of the molecule is C=CCNC(=O)CN1CCN(C2C=CCCC2)CC1. The molecule has 1 N–H and O–H groups in total. The first-order valence-corrected chi connectivity index (χ1v) is 7.30. The highest BCUT2D eigenvalue weighted by molar-refractivity contribution is 5.78. The molecular weight excluding hydrogens is 238 g/mol. The van der Waals surface area contributed by atoms with Crippen molar-refractivity contribution in [2.45, 2.75) is 25.3 Å². The van der Waals surface area contributed by atoms with Crippen molar-refractivity contribution in [1.29, 1.82) is 0 Å². The van der Waals surface area contributed by atoms with E-state index in [1.807, 2.05) is 0 Å². The Morgan fingerprint density at radius 2 is 2.16 bits per heavy atom. The van der Waals surface area contributed by atoms with Crippen molar-refractivity contribution in [3.8, 4) is 0 Å². The predicted octanol–water partition coefficient (Wildman–Crippen LogP) is 1.01. The topological polar surface area (TPSA) is 35.6 Å². The van der Waals surface area contributed by atoms with Gasteiger partial charge < -0.3 is 5.32 Å². The Morgan fingerprint density at radius 3 is 2.79 bits per heavy atom. The second-order valence-electron chi connectivity index (χ2n) is 5.33. The Labute approximate surface area is 116 Å². The van der Waals surface area contributed by atoms with E-state index in [9.17, 15) is 4.79 Å². The quantitative estimate of drug-likeness (QED) is 0.752. The maximum Gasteiger partial charge on any atom is 0.234 e. The molecule has 0 saturated carbocycles. The number of hydrogen-bond acceptors (Lipinski definition) is 3. The summed E-state index contributed by atoms with van der Waals surface area (Å²) in [5.41, 5.74) is 0. The molecule has 0 aromatic carbocycles. The first kappa shape index (κ1) is 14.3. The zero-order valence-electron chi connectivity index (χ0n) is 11.7. The fourth-order valence-electron chi connectivity index (χ4n) is 2.80. The van der Waals surface area contributed by atoms with E-state index >= 15 is 0 Å². The minimum atomic E-state index is 0.103. The number of carbonyl (C=O) groups excluding carboxylic acids is 1. The number of allylic oxidation sites excluding steroid dienone is 1. The number of nitrogens with zero attached hydrogens (tertiary/aromatic N) is 2. The molecule has 0 radical (unpaired) electrons. The molecule has 2 aliphatic rings. The van der Waals surface area contributed by atoms with Gasteiger partial charge in [0.05, 0.1) is 6.54 Å². The third kappa shape index (κ3) is 4.48. The zero-order chi connectivity index (χ0) is 13.5. The van der Waals surface area contributed by atoms with Crippen molar-refractivity contribution in [3.05, 3.63) is 24.8 Å². The number of nitrogens with one attached hydrogen (secondary N) is 1. The lowest BCUT2D eigenvalue weighted by Gasteiger charge is -2.38. The van der Waals surface area contributed by atoms with Crippen LogP contribution >= 0.6 is 0 Å². The molecule has 19 heavy (non-hydrogen) atoms. The van der Waals surface area contributed by atoms with Gasteiger partial charge in [0.1, 0.15) is 0 Å². The van der Waals surface area contributed by atoms with E-state index in [1.165, 1.54) is 19.3 Å². The average molecular weight is 263 g/mol. The lowest BCUT2D eigenvalue weighted by Crippen LogP contribution is -2.52. The Morgan fingerprint density at radius 1 is 1.37 bits per heavy atom. The summed E-state index contributed by atoms with van der Waals surface area (Å²) in [7, 11) is 0. The van der Waals surface area contributed by atoms with Crippen LogP contribution in [0.1, 0.15) is 19.3 Å². The first-order chi connectivity index (χ1) is 9.29. The molecule has 2 rings (SSSR count). The summed E-state index contributed by atoms with van der Waals surface area (Å²) in [4.78, 5) is 16.4. The lowest BCUT2D eigenvalue weighted by atomic mass is 10.0. The van der Waals surface area contributed by atoms with Gasteiger partial charge in [0.25, 0.3) is 0 Å². The Bertz CT molecular complexity index is 332. The van der Waals surface area contributed by atoms with Crippen molar-refractivity contribution in [2.24, 2.45) is 0 Å². The van der Waals surface area contributed by atoms with Crippen LogP contribution < -0.4 is 5.32 Å². The summed E-state index contributed by atoms with van der Waals surface area (Å²) < 4.78 is 0. The van der Waals surface area contributed by atoms with E-state index in [4.69, 9.17) is 0 Å². The van der Waals surface area contributed by atoms with Crippen molar-refractivity contribution >= 4 is 5.91 Å². The second-order valence-corrected chi connectivity index (χ2v) is 5.33. The highest BCUT2D eigenvalue weighted by atomic mass is 16.2. The van der Waals surface area contributed by atoms with Crippen molar-refractivity contribution in [2.75, 3.05) is 39.3 Å². The molecule has 106 valence electrons. The van der Waals surface area contributed by atoms with Gasteiger partial charge in [0.15, 0.2) is 0 Å². The smallest absolute Gasteiger partial charge is 0.234 e. The summed E-state index contributed by atoms with van der Waals surface area (Å²) in [5, 5.41) is 2.83. The second kappa shape index (κ2) is 7.46. The minimum Gasteiger partial charge on any atom is -0.352 e. The molecule has 4 nitrogen and oxygen atoms in total. The molecule has 1 atom stereocenters. The molecule has 0 spiro atoms. The molecule has 1 fully saturated rings. The lowest BCUT2D eigenvalue weighted by molar-refractivity contribution is -0.122. The van der Waals surface area contributed by atoms with E-state index in [1.54, 1.807) is 6.08 Å². The Kier molecular flexibility index (Phi) is 5.61. The van der Waals surface area contributed by atoms with Gasteiger partial charge in [-0.1, -0.05) is 18.2 Å². The third-order valence-corrected chi connectivity index (χ3v) is 3.92. The zero-order valence-corrected chi connectivity index (χ0v) is 11.7. The predicted molar refractivity (Wildman–Crippen MR) is 78.0 cm³/mol. The van der Waals surface area contributed by atoms with Gasteiger partial charge in [-0.25, -0.2) is 0 Å². The van der Waals surface area contributed by atoms with E-state index in [-0.39, 0.29) is 5.91 Å². The maximum atomic E-state index is 11.6. The van der Waals surface area contributed by atoms with Gasteiger partial charge in [-0.2, -0.15) is 0 Å². The van der Waals surface area contributed by atoms with E-state index in [0.29, 0.717) is 19.1 Å². The van der Waals surface area contributed by atoms with Crippen LogP contribution in [0.4, 0.5) is 0 Å². The third-order valence-electron chi connectivity index (χ3n) is 3.92. The van der Waals surface area contributed by atoms with Gasteiger partial charge >= 0.3 is 0 Å². The van der Waals surface area contributed by atoms with Crippen LogP contribution in [0.5, 0.6) is 0 Å². The molecule has 1 aliphatic carbocycles. The van der Waals surface area contributed by atoms with Gasteiger partial charge in [-0.05, 0) is 19.3 Å². The molecule has 1 aliphatic heterocycles. The summed E-state index contributed by atoms with van der Waals surface area (Å²) in [6.45, 7) is 8.81. The van der Waals surface area contributed by atoms with E-state index < -0.39 is 0 Å². The van der Waals surface area contributed by atoms with Crippen LogP contribution in [0.2, 0.25) is 0 Å². The molecule has 0 aromatic heterocycles. The van der Waals surface area contributed by atoms with Crippen molar-refractivity contribution < 1.29 is 4.79 Å². The number of piperazine rings is 1. The van der Waals surface area contributed by atoms with Crippen LogP contribution in [-0.2, 0) is 4.79 Å². The van der Waals surface area contributed by atoms with E-state index in [0.717, 1.165) is 26.2 Å². The van der Waals surface area contributed by atoms with Gasteiger partial charge in [-0.3, -0.25) is 14.6 Å². The van der Waals surface area contributed by atoms with Crippen LogP contribution in [0.3, 0.4) is 0 Å². The fraction of sp³-hybridized carbons (Fsp3) is 0.667. The largest absolute Gasteiger partial charge is 0.352 e.